The van der Waals surface area contributed by atoms with E-state index < -0.39 is 5.97 Å². The van der Waals surface area contributed by atoms with Crippen LogP contribution in [0.25, 0.3) is 10.8 Å². The Hall–Kier alpha value is -2.52. The number of benzene rings is 3. The van der Waals surface area contributed by atoms with Gasteiger partial charge in [-0.15, -0.1) is 0 Å². The smallest absolute Gasteiger partial charge is 0.343 e. The molecule has 0 aliphatic rings. The molecule has 0 saturated carbocycles. The molecular formula is C17H11ClO3. The number of hydrogen-bond donors (Lipinski definition) is 1. The third-order valence-electron chi connectivity index (χ3n) is 3.10. The summed E-state index contributed by atoms with van der Waals surface area (Å²) in [6, 6.07) is 17.1. The lowest BCUT2D eigenvalue weighted by Gasteiger charge is -2.06. The minimum absolute atomic E-state index is 0.0160. The van der Waals surface area contributed by atoms with Crippen LogP contribution in [0.4, 0.5) is 0 Å². The van der Waals surface area contributed by atoms with Crippen LogP contribution >= 0.6 is 11.6 Å². The Labute approximate surface area is 126 Å². The van der Waals surface area contributed by atoms with Gasteiger partial charge in [0.25, 0.3) is 0 Å². The van der Waals surface area contributed by atoms with Gasteiger partial charge in [-0.25, -0.2) is 4.79 Å². The highest BCUT2D eigenvalue weighted by Gasteiger charge is 2.10. The van der Waals surface area contributed by atoms with Crippen molar-refractivity contribution in [3.05, 3.63) is 71.2 Å². The van der Waals surface area contributed by atoms with Crippen LogP contribution in [-0.4, -0.2) is 11.1 Å². The molecule has 0 spiro atoms. The highest BCUT2D eigenvalue weighted by Crippen LogP contribution is 2.29. The molecule has 0 radical (unpaired) electrons. The second-order valence-electron chi connectivity index (χ2n) is 4.57. The van der Waals surface area contributed by atoms with Crippen molar-refractivity contribution in [2.24, 2.45) is 0 Å². The zero-order valence-electron chi connectivity index (χ0n) is 10.9. The van der Waals surface area contributed by atoms with Crippen molar-refractivity contribution in [1.29, 1.82) is 0 Å². The van der Waals surface area contributed by atoms with E-state index in [2.05, 4.69) is 0 Å². The molecule has 0 amide bonds. The van der Waals surface area contributed by atoms with Crippen LogP contribution in [0.5, 0.6) is 11.5 Å². The fourth-order valence-corrected chi connectivity index (χ4v) is 2.21. The molecule has 0 atom stereocenters. The molecule has 3 aromatic carbocycles. The minimum atomic E-state index is -0.447. The normalized spacial score (nSPS) is 10.5. The molecule has 104 valence electrons. The maximum absolute atomic E-state index is 12.1. The van der Waals surface area contributed by atoms with Gasteiger partial charge in [-0.05, 0) is 47.2 Å². The van der Waals surface area contributed by atoms with Crippen molar-refractivity contribution in [3.63, 3.8) is 0 Å². The Bertz CT molecular complexity index is 813. The van der Waals surface area contributed by atoms with Crippen molar-refractivity contribution < 1.29 is 14.6 Å². The second-order valence-corrected chi connectivity index (χ2v) is 4.98. The van der Waals surface area contributed by atoms with E-state index in [1.807, 2.05) is 6.07 Å². The van der Waals surface area contributed by atoms with Crippen LogP contribution in [0.2, 0.25) is 5.02 Å². The Kier molecular flexibility index (Phi) is 3.50. The van der Waals surface area contributed by atoms with Gasteiger partial charge >= 0.3 is 5.97 Å². The second kappa shape index (κ2) is 5.46. The summed E-state index contributed by atoms with van der Waals surface area (Å²) in [7, 11) is 0. The topological polar surface area (TPSA) is 46.5 Å². The molecule has 3 rings (SSSR count). The largest absolute Gasteiger partial charge is 0.506 e. The summed E-state index contributed by atoms with van der Waals surface area (Å²) in [4.78, 5) is 12.1. The molecule has 21 heavy (non-hydrogen) atoms. The quantitative estimate of drug-likeness (QED) is 0.563. The van der Waals surface area contributed by atoms with Gasteiger partial charge in [-0.3, -0.25) is 0 Å². The van der Waals surface area contributed by atoms with E-state index in [1.165, 1.54) is 6.07 Å². The number of esters is 1. The first-order chi connectivity index (χ1) is 10.1. The summed E-state index contributed by atoms with van der Waals surface area (Å²) in [6.07, 6.45) is 0. The highest BCUT2D eigenvalue weighted by molar-refractivity contribution is 6.32. The van der Waals surface area contributed by atoms with Crippen LogP contribution in [0.3, 0.4) is 0 Å². The molecule has 1 N–H and O–H groups in total. The maximum Gasteiger partial charge on any atom is 0.343 e. The number of fused-ring (bicyclic) bond motifs is 1. The lowest BCUT2D eigenvalue weighted by atomic mass is 10.1. The van der Waals surface area contributed by atoms with Gasteiger partial charge in [-0.2, -0.15) is 0 Å². The Morgan fingerprint density at radius 2 is 1.71 bits per heavy atom. The van der Waals surface area contributed by atoms with Crippen LogP contribution in [0.15, 0.2) is 60.7 Å². The highest BCUT2D eigenvalue weighted by atomic mass is 35.5. The van der Waals surface area contributed by atoms with E-state index in [4.69, 9.17) is 16.3 Å². The van der Waals surface area contributed by atoms with E-state index in [0.29, 0.717) is 11.3 Å². The van der Waals surface area contributed by atoms with Crippen molar-refractivity contribution in [1.82, 2.24) is 0 Å². The number of phenols is 1. The van der Waals surface area contributed by atoms with E-state index >= 15 is 0 Å². The number of aromatic hydroxyl groups is 1. The van der Waals surface area contributed by atoms with Gasteiger partial charge in [0, 0.05) is 0 Å². The molecule has 0 saturated heterocycles. The number of phenolic OH excluding ortho intramolecular Hbond substituents is 1. The number of carbonyl (C=O) groups is 1. The Morgan fingerprint density at radius 1 is 0.952 bits per heavy atom. The van der Waals surface area contributed by atoms with Crippen LogP contribution in [-0.2, 0) is 0 Å². The zero-order chi connectivity index (χ0) is 14.8. The molecule has 0 fully saturated rings. The molecular weight excluding hydrogens is 288 g/mol. The number of ether oxygens (including phenoxy) is 1. The molecule has 0 aliphatic heterocycles. The average molecular weight is 299 g/mol. The number of halogens is 1. The molecule has 0 aliphatic carbocycles. The summed E-state index contributed by atoms with van der Waals surface area (Å²) in [5.41, 5.74) is 0.410. The maximum atomic E-state index is 12.1. The van der Waals surface area contributed by atoms with E-state index in [1.54, 1.807) is 48.5 Å². The number of carbonyl (C=O) groups excluding carboxylic acids is 1. The summed E-state index contributed by atoms with van der Waals surface area (Å²) < 4.78 is 5.28. The molecule has 0 bridgehead atoms. The number of hydrogen-bond acceptors (Lipinski definition) is 3. The first kappa shape index (κ1) is 13.5. The molecule has 0 unspecified atom stereocenters. The van der Waals surface area contributed by atoms with Crippen molar-refractivity contribution in [2.45, 2.75) is 0 Å². The fourth-order valence-electron chi connectivity index (χ4n) is 2.04. The first-order valence-electron chi connectivity index (χ1n) is 6.33. The Balaban J connectivity index is 1.93. The third kappa shape index (κ3) is 2.83. The number of rotatable bonds is 2. The van der Waals surface area contributed by atoms with Crippen molar-refractivity contribution in [2.75, 3.05) is 0 Å². The summed E-state index contributed by atoms with van der Waals surface area (Å²) >= 11 is 5.86. The van der Waals surface area contributed by atoms with E-state index in [-0.39, 0.29) is 10.8 Å². The zero-order valence-corrected chi connectivity index (χ0v) is 11.7. The van der Waals surface area contributed by atoms with Gasteiger partial charge < -0.3 is 9.84 Å². The lowest BCUT2D eigenvalue weighted by molar-refractivity contribution is 0.0735. The SMILES string of the molecule is O=C(Oc1ccccc1)c1ccc2cc(Cl)c(O)cc2c1. The van der Waals surface area contributed by atoms with Crippen LogP contribution in [0.1, 0.15) is 10.4 Å². The van der Waals surface area contributed by atoms with Crippen LogP contribution < -0.4 is 4.74 Å². The summed E-state index contributed by atoms with van der Waals surface area (Å²) in [6.45, 7) is 0. The predicted octanol–water partition coefficient (Wildman–Crippen LogP) is 4.42. The third-order valence-corrected chi connectivity index (χ3v) is 3.40. The predicted molar refractivity (Wildman–Crippen MR) is 82.0 cm³/mol. The number of para-hydroxylation sites is 1. The minimum Gasteiger partial charge on any atom is -0.506 e. The van der Waals surface area contributed by atoms with Gasteiger partial charge in [-0.1, -0.05) is 35.9 Å². The molecule has 0 aromatic heterocycles. The Morgan fingerprint density at radius 3 is 2.48 bits per heavy atom. The van der Waals surface area contributed by atoms with Crippen LogP contribution in [0, 0.1) is 0 Å². The molecule has 3 aromatic rings. The van der Waals surface area contributed by atoms with Gasteiger partial charge in [0.15, 0.2) is 0 Å². The summed E-state index contributed by atoms with van der Waals surface area (Å²) in [5, 5.41) is 11.5. The van der Waals surface area contributed by atoms with Gasteiger partial charge in [0.2, 0.25) is 0 Å². The molecule has 0 heterocycles. The van der Waals surface area contributed by atoms with Crippen molar-refractivity contribution >= 4 is 28.3 Å². The monoisotopic (exact) mass is 298 g/mol. The molecule has 3 nitrogen and oxygen atoms in total. The van der Waals surface area contributed by atoms with E-state index in [9.17, 15) is 9.90 Å². The average Bonchev–Trinajstić information content (AvgIpc) is 2.49. The fraction of sp³-hybridized carbons (Fsp3) is 0. The van der Waals surface area contributed by atoms with Gasteiger partial charge in [0.1, 0.15) is 11.5 Å². The van der Waals surface area contributed by atoms with E-state index in [0.717, 1.165) is 10.8 Å². The summed E-state index contributed by atoms with van der Waals surface area (Å²) in [5.74, 6) is 0.0248. The van der Waals surface area contributed by atoms with Gasteiger partial charge in [0.05, 0.1) is 10.6 Å². The first-order valence-corrected chi connectivity index (χ1v) is 6.71. The lowest BCUT2D eigenvalue weighted by Crippen LogP contribution is -2.08. The van der Waals surface area contributed by atoms with Crippen molar-refractivity contribution in [3.8, 4) is 11.5 Å². The molecule has 4 heteroatoms. The standard InChI is InChI=1S/C17H11ClO3/c18-15-9-11-6-7-12(8-13(11)10-16(15)19)17(20)21-14-4-2-1-3-5-14/h1-10,19H.